The molecule has 0 N–H and O–H groups in total. The number of methoxy groups -OCH3 is 1. The van der Waals surface area contributed by atoms with Crippen molar-refractivity contribution < 1.29 is 9.53 Å². The molecule has 1 fully saturated rings. The molecule has 4 aromatic rings. The largest absolute Gasteiger partial charge is 0.495 e. The highest BCUT2D eigenvalue weighted by Gasteiger charge is 2.29. The third-order valence-electron chi connectivity index (χ3n) is 6.45. The van der Waals surface area contributed by atoms with Gasteiger partial charge in [-0.25, -0.2) is 0 Å². The predicted molar refractivity (Wildman–Crippen MR) is 126 cm³/mol. The van der Waals surface area contributed by atoms with Crippen LogP contribution in [0.2, 0.25) is 0 Å². The summed E-state index contributed by atoms with van der Waals surface area (Å²) < 4.78 is 7.43. The second-order valence-corrected chi connectivity index (χ2v) is 8.08. The molecule has 0 amide bonds. The summed E-state index contributed by atoms with van der Waals surface area (Å²) in [6.45, 7) is 5.44. The van der Waals surface area contributed by atoms with E-state index < -0.39 is 0 Å². The van der Waals surface area contributed by atoms with E-state index in [1.165, 1.54) is 0 Å². The van der Waals surface area contributed by atoms with Crippen LogP contribution in [0.15, 0.2) is 72.8 Å². The fourth-order valence-corrected chi connectivity index (χ4v) is 4.74. The summed E-state index contributed by atoms with van der Waals surface area (Å²) in [4.78, 5) is 18.3. The Morgan fingerprint density at radius 1 is 0.806 bits per heavy atom. The fraction of sp³-hybridized carbons (Fsp3) is 0.269. The van der Waals surface area contributed by atoms with Crippen LogP contribution < -0.4 is 9.64 Å². The lowest BCUT2D eigenvalue weighted by Gasteiger charge is -2.39. The number of rotatable bonds is 4. The molecule has 1 aliphatic heterocycles. The Balaban J connectivity index is 1.39. The molecule has 1 atom stereocenters. The van der Waals surface area contributed by atoms with E-state index >= 15 is 0 Å². The van der Waals surface area contributed by atoms with Gasteiger partial charge in [0.1, 0.15) is 5.75 Å². The van der Waals surface area contributed by atoms with Gasteiger partial charge in [-0.05, 0) is 31.2 Å². The molecule has 158 valence electrons. The van der Waals surface area contributed by atoms with Crippen LogP contribution in [0.25, 0.3) is 21.8 Å². The van der Waals surface area contributed by atoms with Crippen molar-refractivity contribution in [1.82, 2.24) is 9.47 Å². The number of benzene rings is 3. The Morgan fingerprint density at radius 2 is 1.35 bits per heavy atom. The number of carbonyl (C=O) groups excluding carboxylic acids is 1. The molecule has 2 heterocycles. The van der Waals surface area contributed by atoms with Crippen LogP contribution in [0.3, 0.4) is 0 Å². The number of fused-ring (bicyclic) bond motifs is 3. The molecule has 5 rings (SSSR count). The van der Waals surface area contributed by atoms with E-state index in [2.05, 4.69) is 28.0 Å². The lowest BCUT2D eigenvalue weighted by molar-refractivity contribution is 0.0753. The lowest BCUT2D eigenvalue weighted by atomic mass is 10.2. The van der Waals surface area contributed by atoms with Crippen molar-refractivity contribution in [2.75, 3.05) is 38.2 Å². The van der Waals surface area contributed by atoms with Gasteiger partial charge in [-0.15, -0.1) is 0 Å². The van der Waals surface area contributed by atoms with Crippen LogP contribution in [0.5, 0.6) is 5.75 Å². The standard InChI is InChI=1S/C26H27N3O2/c1-19(27-15-17-28(18-16-27)24-13-7-8-14-25(24)31-2)26(30)29-22-11-5-3-9-20(22)21-10-4-6-12-23(21)29/h3-14,19H,15-18H2,1-2H3/t19-/m0/s1. The first-order valence-corrected chi connectivity index (χ1v) is 10.8. The summed E-state index contributed by atoms with van der Waals surface area (Å²) in [7, 11) is 1.71. The van der Waals surface area contributed by atoms with E-state index in [1.54, 1.807) is 7.11 Å². The first-order chi connectivity index (χ1) is 15.2. The van der Waals surface area contributed by atoms with E-state index in [4.69, 9.17) is 4.74 Å². The van der Waals surface area contributed by atoms with Gasteiger partial charge >= 0.3 is 0 Å². The topological polar surface area (TPSA) is 37.7 Å². The highest BCUT2D eigenvalue weighted by atomic mass is 16.5. The van der Waals surface area contributed by atoms with Crippen LogP contribution in [0.4, 0.5) is 5.69 Å². The van der Waals surface area contributed by atoms with E-state index in [0.717, 1.165) is 59.4 Å². The Kier molecular flexibility index (Phi) is 5.12. The highest BCUT2D eigenvalue weighted by molar-refractivity contribution is 6.13. The molecule has 3 aromatic carbocycles. The van der Waals surface area contributed by atoms with Gasteiger partial charge in [0.15, 0.2) is 0 Å². The number of piperazine rings is 1. The second-order valence-electron chi connectivity index (χ2n) is 8.08. The lowest BCUT2D eigenvalue weighted by Crippen LogP contribution is -2.52. The quantitative estimate of drug-likeness (QED) is 0.488. The van der Waals surface area contributed by atoms with Gasteiger partial charge in [-0.2, -0.15) is 0 Å². The van der Waals surface area contributed by atoms with Gasteiger partial charge in [0.25, 0.3) is 0 Å². The van der Waals surface area contributed by atoms with Crippen LogP contribution >= 0.6 is 0 Å². The van der Waals surface area contributed by atoms with Crippen LogP contribution in [0, 0.1) is 0 Å². The minimum atomic E-state index is -0.195. The zero-order valence-electron chi connectivity index (χ0n) is 18.0. The Labute approximate surface area is 182 Å². The molecule has 1 aliphatic rings. The van der Waals surface area contributed by atoms with Crippen molar-refractivity contribution in [2.24, 2.45) is 0 Å². The molecular weight excluding hydrogens is 386 g/mol. The molecule has 31 heavy (non-hydrogen) atoms. The van der Waals surface area contributed by atoms with Crippen LogP contribution in [0.1, 0.15) is 11.7 Å². The van der Waals surface area contributed by atoms with E-state index in [0.29, 0.717) is 0 Å². The summed E-state index contributed by atoms with van der Waals surface area (Å²) in [5.41, 5.74) is 3.08. The maximum absolute atomic E-state index is 13.7. The van der Waals surface area contributed by atoms with Gasteiger partial charge in [0, 0.05) is 37.0 Å². The van der Waals surface area contributed by atoms with Crippen LogP contribution in [-0.4, -0.2) is 54.7 Å². The zero-order chi connectivity index (χ0) is 21.4. The molecular formula is C26H27N3O2. The van der Waals surface area contributed by atoms with E-state index in [-0.39, 0.29) is 11.9 Å². The van der Waals surface area contributed by atoms with E-state index in [1.807, 2.05) is 66.1 Å². The Hall–Kier alpha value is -3.31. The third-order valence-corrected chi connectivity index (χ3v) is 6.45. The van der Waals surface area contributed by atoms with Gasteiger partial charge in [0.05, 0.1) is 29.9 Å². The molecule has 0 saturated carbocycles. The van der Waals surface area contributed by atoms with Crippen molar-refractivity contribution in [3.8, 4) is 5.75 Å². The number of hydrogen-bond acceptors (Lipinski definition) is 4. The number of para-hydroxylation sites is 4. The number of hydrogen-bond donors (Lipinski definition) is 0. The number of carbonyl (C=O) groups is 1. The van der Waals surface area contributed by atoms with Crippen molar-refractivity contribution >= 4 is 33.4 Å². The second kappa shape index (κ2) is 8.08. The van der Waals surface area contributed by atoms with Crippen molar-refractivity contribution in [3.05, 3.63) is 72.8 Å². The molecule has 0 unspecified atom stereocenters. The predicted octanol–water partition coefficient (Wildman–Crippen LogP) is 4.65. The van der Waals surface area contributed by atoms with Gasteiger partial charge in [-0.3, -0.25) is 14.3 Å². The van der Waals surface area contributed by atoms with Crippen molar-refractivity contribution in [3.63, 3.8) is 0 Å². The SMILES string of the molecule is COc1ccccc1N1CCN([C@@H](C)C(=O)n2c3ccccc3c3ccccc32)CC1. The summed E-state index contributed by atoms with van der Waals surface area (Å²) in [5, 5.41) is 2.25. The maximum atomic E-state index is 13.7. The summed E-state index contributed by atoms with van der Waals surface area (Å²) in [6, 6.07) is 24.3. The monoisotopic (exact) mass is 413 g/mol. The Bertz CT molecular complexity index is 1180. The minimum Gasteiger partial charge on any atom is -0.495 e. The van der Waals surface area contributed by atoms with Gasteiger partial charge < -0.3 is 9.64 Å². The van der Waals surface area contributed by atoms with E-state index in [9.17, 15) is 4.79 Å². The zero-order valence-corrected chi connectivity index (χ0v) is 18.0. The molecule has 5 heteroatoms. The van der Waals surface area contributed by atoms with Crippen molar-refractivity contribution in [1.29, 1.82) is 0 Å². The minimum absolute atomic E-state index is 0.128. The summed E-state index contributed by atoms with van der Waals surface area (Å²) in [6.07, 6.45) is 0. The molecule has 1 saturated heterocycles. The maximum Gasteiger partial charge on any atom is 0.248 e. The molecule has 0 aliphatic carbocycles. The first-order valence-electron chi connectivity index (χ1n) is 10.8. The number of ether oxygens (including phenoxy) is 1. The normalized spacial score (nSPS) is 16.0. The number of nitrogens with zero attached hydrogens (tertiary/aromatic N) is 3. The average Bonchev–Trinajstić information content (AvgIpc) is 3.17. The van der Waals surface area contributed by atoms with Gasteiger partial charge in [0.2, 0.25) is 5.91 Å². The molecule has 0 spiro atoms. The Morgan fingerprint density at radius 3 is 1.97 bits per heavy atom. The third kappa shape index (κ3) is 3.35. The van der Waals surface area contributed by atoms with Crippen LogP contribution in [-0.2, 0) is 0 Å². The molecule has 5 nitrogen and oxygen atoms in total. The first kappa shape index (κ1) is 19.6. The average molecular weight is 414 g/mol. The summed E-state index contributed by atoms with van der Waals surface area (Å²) >= 11 is 0. The van der Waals surface area contributed by atoms with Gasteiger partial charge in [-0.1, -0.05) is 48.5 Å². The smallest absolute Gasteiger partial charge is 0.248 e. The molecule has 0 radical (unpaired) electrons. The highest BCUT2D eigenvalue weighted by Crippen LogP contribution is 2.31. The number of aromatic nitrogens is 1. The molecule has 0 bridgehead atoms. The number of anilines is 1. The summed E-state index contributed by atoms with van der Waals surface area (Å²) in [5.74, 6) is 1.02. The molecule has 1 aromatic heterocycles. The fourth-order valence-electron chi connectivity index (χ4n) is 4.74. The van der Waals surface area contributed by atoms with Crippen molar-refractivity contribution in [2.45, 2.75) is 13.0 Å².